The minimum Gasteiger partial charge on any atom is -0.469 e. The van der Waals surface area contributed by atoms with Gasteiger partial charge in [0.05, 0.1) is 31.7 Å². The third-order valence-corrected chi connectivity index (χ3v) is 5.12. The molecule has 0 radical (unpaired) electrons. The Balaban J connectivity index is 0.00000300. The van der Waals surface area contributed by atoms with Crippen molar-refractivity contribution in [2.24, 2.45) is 12.0 Å². The molecule has 1 aliphatic heterocycles. The van der Waals surface area contributed by atoms with Gasteiger partial charge in [0.2, 0.25) is 0 Å². The van der Waals surface area contributed by atoms with Gasteiger partial charge in [0, 0.05) is 57.4 Å². The Morgan fingerprint density at radius 2 is 1.97 bits per heavy atom. The van der Waals surface area contributed by atoms with Gasteiger partial charge < -0.3 is 19.8 Å². The first-order valence-electron chi connectivity index (χ1n) is 9.97. The second-order valence-electron chi connectivity index (χ2n) is 7.07. The van der Waals surface area contributed by atoms with Gasteiger partial charge in [-0.05, 0) is 26.0 Å². The van der Waals surface area contributed by atoms with Crippen molar-refractivity contribution in [1.29, 1.82) is 0 Å². The highest BCUT2D eigenvalue weighted by atomic mass is 127. The van der Waals surface area contributed by atoms with Crippen molar-refractivity contribution in [3.63, 3.8) is 0 Å². The van der Waals surface area contributed by atoms with Crippen LogP contribution in [0.4, 0.5) is 0 Å². The summed E-state index contributed by atoms with van der Waals surface area (Å²) in [7, 11) is 1.97. The summed E-state index contributed by atoms with van der Waals surface area (Å²) in [4.78, 5) is 7.21. The molecule has 0 aromatic carbocycles. The van der Waals surface area contributed by atoms with Crippen LogP contribution in [0.5, 0.6) is 0 Å². The molecule has 0 unspecified atom stereocenters. The summed E-state index contributed by atoms with van der Waals surface area (Å²) in [5, 5.41) is 11.4. The summed E-state index contributed by atoms with van der Waals surface area (Å²) >= 11 is 0. The number of aliphatic imine (C=N–C) groups is 1. The molecule has 3 heterocycles. The minimum absolute atomic E-state index is 0. The van der Waals surface area contributed by atoms with Gasteiger partial charge in [-0.15, -0.1) is 24.0 Å². The predicted octanol–water partition coefficient (Wildman–Crippen LogP) is 1.86. The highest BCUT2D eigenvalue weighted by Crippen LogP contribution is 2.12. The smallest absolute Gasteiger partial charge is 0.191 e. The highest BCUT2D eigenvalue weighted by molar-refractivity contribution is 14.0. The first kappa shape index (κ1) is 23.7. The molecule has 2 aromatic rings. The number of aromatic nitrogens is 2. The molecule has 0 amide bonds. The van der Waals surface area contributed by atoms with E-state index in [0.717, 1.165) is 75.5 Å². The summed E-state index contributed by atoms with van der Waals surface area (Å²) in [6, 6.07) is 3.91. The quantitative estimate of drug-likeness (QED) is 0.317. The second kappa shape index (κ2) is 12.2. The Morgan fingerprint density at radius 3 is 2.62 bits per heavy atom. The maximum Gasteiger partial charge on any atom is 0.191 e. The van der Waals surface area contributed by atoms with Crippen LogP contribution in [-0.2, 0) is 24.8 Å². The molecule has 162 valence electrons. The summed E-state index contributed by atoms with van der Waals surface area (Å²) in [5.74, 6) is 1.79. The van der Waals surface area contributed by atoms with Gasteiger partial charge in [0.15, 0.2) is 5.96 Å². The Hall–Kier alpha value is -1.59. The number of nitrogens with one attached hydrogen (secondary N) is 2. The number of ether oxygens (including phenoxy) is 1. The lowest BCUT2D eigenvalue weighted by atomic mass is 10.2. The zero-order chi connectivity index (χ0) is 19.8. The van der Waals surface area contributed by atoms with E-state index >= 15 is 0 Å². The minimum atomic E-state index is 0. The fourth-order valence-corrected chi connectivity index (χ4v) is 3.29. The molecule has 1 aliphatic rings. The first-order chi connectivity index (χ1) is 13.6. The fourth-order valence-electron chi connectivity index (χ4n) is 3.29. The van der Waals surface area contributed by atoms with E-state index < -0.39 is 0 Å². The van der Waals surface area contributed by atoms with Gasteiger partial charge in [-0.2, -0.15) is 5.10 Å². The predicted molar refractivity (Wildman–Crippen MR) is 125 cm³/mol. The molecule has 1 fully saturated rings. The molecule has 1 saturated heterocycles. The third kappa shape index (κ3) is 7.31. The number of aryl methyl sites for hydroxylation is 2. The molecular weight excluding hydrogens is 483 g/mol. The third-order valence-electron chi connectivity index (χ3n) is 5.12. The number of hydrogen-bond acceptors (Lipinski definition) is 5. The highest BCUT2D eigenvalue weighted by Gasteiger charge is 2.11. The van der Waals surface area contributed by atoms with Gasteiger partial charge in [-0.25, -0.2) is 4.99 Å². The number of halogens is 1. The summed E-state index contributed by atoms with van der Waals surface area (Å²) < 4.78 is 12.7. The van der Waals surface area contributed by atoms with Gasteiger partial charge in [-0.1, -0.05) is 0 Å². The Morgan fingerprint density at radius 1 is 1.21 bits per heavy atom. The van der Waals surface area contributed by atoms with E-state index in [1.54, 1.807) is 6.26 Å². The molecular formula is C20H33IN6O2. The number of rotatable bonds is 8. The van der Waals surface area contributed by atoms with Gasteiger partial charge >= 0.3 is 0 Å². The number of guanidine groups is 1. The van der Waals surface area contributed by atoms with Crippen LogP contribution in [0.1, 0.15) is 22.7 Å². The maximum atomic E-state index is 5.41. The van der Waals surface area contributed by atoms with E-state index in [0.29, 0.717) is 6.54 Å². The molecule has 0 aliphatic carbocycles. The van der Waals surface area contributed by atoms with Crippen LogP contribution < -0.4 is 10.6 Å². The van der Waals surface area contributed by atoms with E-state index in [2.05, 4.69) is 27.6 Å². The number of morpholine rings is 1. The van der Waals surface area contributed by atoms with E-state index in [9.17, 15) is 0 Å². The SMILES string of the molecule is Cc1nn(C)c(C)c1CN=C(NCCc1ccco1)NCCN1CCOCC1.I. The molecule has 29 heavy (non-hydrogen) atoms. The summed E-state index contributed by atoms with van der Waals surface area (Å²) in [6.45, 7) is 11.0. The fraction of sp³-hybridized carbons (Fsp3) is 0.600. The van der Waals surface area contributed by atoms with E-state index in [4.69, 9.17) is 14.1 Å². The van der Waals surface area contributed by atoms with Crippen LogP contribution in [0.3, 0.4) is 0 Å². The zero-order valence-corrected chi connectivity index (χ0v) is 19.9. The standard InChI is InChI=1S/C20H32N6O2.HI/c1-16-19(17(2)25(3)24-16)15-23-20(21-7-6-18-5-4-12-28-18)22-8-9-26-10-13-27-14-11-26;/h4-5,12H,6-11,13-15H2,1-3H3,(H2,21,22,23);1H. The molecule has 8 nitrogen and oxygen atoms in total. The molecule has 3 rings (SSSR count). The van der Waals surface area contributed by atoms with Gasteiger partial charge in [0.1, 0.15) is 5.76 Å². The second-order valence-corrected chi connectivity index (χ2v) is 7.07. The van der Waals surface area contributed by atoms with Crippen molar-refractivity contribution in [1.82, 2.24) is 25.3 Å². The van der Waals surface area contributed by atoms with Crippen LogP contribution in [0.2, 0.25) is 0 Å². The average molecular weight is 516 g/mol. The summed E-state index contributed by atoms with van der Waals surface area (Å²) in [6.07, 6.45) is 2.53. The maximum absolute atomic E-state index is 5.41. The Kier molecular flexibility index (Phi) is 9.95. The number of nitrogens with zero attached hydrogens (tertiary/aromatic N) is 4. The van der Waals surface area contributed by atoms with Crippen LogP contribution in [0, 0.1) is 13.8 Å². The van der Waals surface area contributed by atoms with Crippen molar-refractivity contribution in [3.8, 4) is 0 Å². The molecule has 0 saturated carbocycles. The van der Waals surface area contributed by atoms with E-state index in [-0.39, 0.29) is 24.0 Å². The van der Waals surface area contributed by atoms with Crippen LogP contribution >= 0.6 is 24.0 Å². The van der Waals surface area contributed by atoms with Crippen molar-refractivity contribution in [2.75, 3.05) is 45.9 Å². The molecule has 0 atom stereocenters. The largest absolute Gasteiger partial charge is 0.469 e. The van der Waals surface area contributed by atoms with Crippen molar-refractivity contribution in [2.45, 2.75) is 26.8 Å². The molecule has 0 bridgehead atoms. The Bertz CT molecular complexity index is 753. The van der Waals surface area contributed by atoms with E-state index in [1.165, 1.54) is 5.56 Å². The molecule has 2 N–H and O–H groups in total. The van der Waals surface area contributed by atoms with Gasteiger partial charge in [0.25, 0.3) is 0 Å². The number of hydrogen-bond donors (Lipinski definition) is 2. The summed E-state index contributed by atoms with van der Waals surface area (Å²) in [5.41, 5.74) is 3.37. The normalized spacial score (nSPS) is 15.2. The lowest BCUT2D eigenvalue weighted by Gasteiger charge is -2.26. The van der Waals surface area contributed by atoms with Gasteiger partial charge in [-0.3, -0.25) is 9.58 Å². The van der Waals surface area contributed by atoms with Crippen molar-refractivity contribution >= 4 is 29.9 Å². The zero-order valence-electron chi connectivity index (χ0n) is 17.6. The monoisotopic (exact) mass is 516 g/mol. The topological polar surface area (TPSA) is 79.8 Å². The van der Waals surface area contributed by atoms with Crippen molar-refractivity contribution < 1.29 is 9.15 Å². The van der Waals surface area contributed by atoms with Crippen LogP contribution in [-0.4, -0.2) is 66.6 Å². The van der Waals surface area contributed by atoms with Crippen molar-refractivity contribution in [3.05, 3.63) is 41.1 Å². The molecule has 0 spiro atoms. The van der Waals surface area contributed by atoms with E-state index in [1.807, 2.05) is 30.8 Å². The molecule has 2 aromatic heterocycles. The average Bonchev–Trinajstić information content (AvgIpc) is 3.29. The first-order valence-corrected chi connectivity index (χ1v) is 9.97. The lowest BCUT2D eigenvalue weighted by molar-refractivity contribution is 0.0389. The van der Waals surface area contributed by atoms with Crippen LogP contribution in [0.15, 0.2) is 27.8 Å². The lowest BCUT2D eigenvalue weighted by Crippen LogP contribution is -2.44. The molecule has 9 heteroatoms. The number of furan rings is 1. The Labute approximate surface area is 190 Å². The van der Waals surface area contributed by atoms with Crippen LogP contribution in [0.25, 0.3) is 0 Å².